The molecule has 11 nitrogen and oxygen atoms in total. The second-order valence-electron chi connectivity index (χ2n) is 9.31. The Morgan fingerprint density at radius 1 is 1.05 bits per heavy atom. The fourth-order valence-corrected chi connectivity index (χ4v) is 5.00. The van der Waals surface area contributed by atoms with Crippen LogP contribution >= 0.6 is 0 Å². The summed E-state index contributed by atoms with van der Waals surface area (Å²) in [6, 6.07) is 14.5. The molecule has 0 aliphatic carbocycles. The summed E-state index contributed by atoms with van der Waals surface area (Å²) in [7, 11) is 0. The average molecular weight is 514 g/mol. The predicted molar refractivity (Wildman–Crippen MR) is 138 cm³/mol. The topological polar surface area (TPSA) is 126 Å². The summed E-state index contributed by atoms with van der Waals surface area (Å²) in [4.78, 5) is 33.3. The fraction of sp³-hybridized carbons (Fsp3) is 0.296. The van der Waals surface area contributed by atoms with Gasteiger partial charge >= 0.3 is 0 Å². The summed E-state index contributed by atoms with van der Waals surface area (Å²) in [6.45, 7) is 4.42. The molecule has 0 spiro atoms. The maximum Gasteiger partial charge on any atom is 0.289 e. The monoisotopic (exact) mass is 513 g/mol. The summed E-state index contributed by atoms with van der Waals surface area (Å²) in [5.41, 5.74) is 2.30. The van der Waals surface area contributed by atoms with Gasteiger partial charge < -0.3 is 18.7 Å². The molecule has 6 rings (SSSR count). The van der Waals surface area contributed by atoms with Crippen molar-refractivity contribution in [3.63, 3.8) is 0 Å². The number of piperazine rings is 1. The summed E-state index contributed by atoms with van der Waals surface area (Å²) >= 11 is 0. The smallest absolute Gasteiger partial charge is 0.289 e. The molecule has 0 unspecified atom stereocenters. The lowest BCUT2D eigenvalue weighted by atomic mass is 10.0. The Bertz CT molecular complexity index is 1600. The zero-order valence-electron chi connectivity index (χ0n) is 20.9. The SMILES string of the molecule is CCc1ccc2[nH]c(=O)c([C@H](c3nnnn3Cc3ccco3)N3CCN(C(=O)c4ccco4)CC3)cc2c1. The lowest BCUT2D eigenvalue weighted by Gasteiger charge is -2.38. The zero-order valence-corrected chi connectivity index (χ0v) is 20.9. The number of H-pyrrole nitrogens is 1. The van der Waals surface area contributed by atoms with Gasteiger partial charge in [-0.1, -0.05) is 13.0 Å². The Hall–Kier alpha value is -4.51. The molecule has 4 aromatic heterocycles. The number of fused-ring (bicyclic) bond motifs is 1. The number of carbonyl (C=O) groups is 1. The van der Waals surface area contributed by atoms with E-state index in [0.29, 0.717) is 55.6 Å². The highest BCUT2D eigenvalue weighted by atomic mass is 16.3. The molecule has 1 aromatic carbocycles. The van der Waals surface area contributed by atoms with Gasteiger partial charge in [-0.3, -0.25) is 14.5 Å². The van der Waals surface area contributed by atoms with Crippen molar-refractivity contribution in [2.75, 3.05) is 26.2 Å². The van der Waals surface area contributed by atoms with Crippen molar-refractivity contribution < 1.29 is 13.6 Å². The van der Waals surface area contributed by atoms with E-state index in [1.807, 2.05) is 30.3 Å². The number of tetrazole rings is 1. The van der Waals surface area contributed by atoms with E-state index < -0.39 is 6.04 Å². The number of carbonyl (C=O) groups excluding carboxylic acids is 1. The molecule has 194 valence electrons. The van der Waals surface area contributed by atoms with E-state index in [1.165, 1.54) is 11.8 Å². The van der Waals surface area contributed by atoms with Crippen LogP contribution in [0.25, 0.3) is 10.9 Å². The maximum atomic E-state index is 13.5. The van der Waals surface area contributed by atoms with Gasteiger partial charge in [0.05, 0.1) is 12.5 Å². The molecule has 38 heavy (non-hydrogen) atoms. The molecule has 1 N–H and O–H groups in total. The molecule has 1 fully saturated rings. The first kappa shape index (κ1) is 23.9. The van der Waals surface area contributed by atoms with Gasteiger partial charge in [0, 0.05) is 37.3 Å². The van der Waals surface area contributed by atoms with E-state index >= 15 is 0 Å². The Kier molecular flexibility index (Phi) is 6.34. The van der Waals surface area contributed by atoms with Crippen LogP contribution in [0, 0.1) is 0 Å². The number of rotatable bonds is 7. The molecule has 1 atom stereocenters. The summed E-state index contributed by atoms with van der Waals surface area (Å²) in [5.74, 6) is 1.40. The number of benzene rings is 1. The molecule has 1 aliphatic heterocycles. The Balaban J connectivity index is 1.38. The molecule has 5 aromatic rings. The van der Waals surface area contributed by atoms with Crippen LogP contribution in [0.2, 0.25) is 0 Å². The van der Waals surface area contributed by atoms with Gasteiger partial charge in [-0.05, 0) is 70.3 Å². The normalized spacial score (nSPS) is 15.2. The van der Waals surface area contributed by atoms with E-state index in [9.17, 15) is 9.59 Å². The summed E-state index contributed by atoms with van der Waals surface area (Å²) in [5, 5.41) is 13.5. The lowest BCUT2D eigenvalue weighted by molar-refractivity contribution is 0.0558. The number of furan rings is 2. The van der Waals surface area contributed by atoms with Crippen LogP contribution in [0.15, 0.2) is 74.7 Å². The molecular weight excluding hydrogens is 486 g/mol. The third-order valence-corrected chi connectivity index (χ3v) is 7.03. The van der Waals surface area contributed by atoms with Crippen LogP contribution in [-0.4, -0.2) is 67.1 Å². The molecule has 11 heteroatoms. The standard InChI is InChI=1S/C27H27N7O4/c1-2-18-7-8-22-19(15-18)16-21(26(35)28-22)24(25-29-30-31-34(25)17-20-5-3-13-37-20)32-9-11-33(12-10-32)27(36)23-6-4-14-38-23/h3-8,13-16,24H,2,9-12,17H2,1H3,(H,28,35)/t24-/m1/s1. The van der Waals surface area contributed by atoms with Gasteiger partial charge in [-0.25, -0.2) is 4.68 Å². The number of amides is 1. The van der Waals surface area contributed by atoms with Crippen LogP contribution in [-0.2, 0) is 13.0 Å². The van der Waals surface area contributed by atoms with Crippen LogP contribution in [0.1, 0.15) is 46.2 Å². The van der Waals surface area contributed by atoms with Gasteiger partial charge in [-0.15, -0.1) is 5.10 Å². The van der Waals surface area contributed by atoms with E-state index in [2.05, 4.69) is 38.4 Å². The average Bonchev–Trinajstić information content (AvgIpc) is 3.74. The van der Waals surface area contributed by atoms with Crippen molar-refractivity contribution >= 4 is 16.8 Å². The highest BCUT2D eigenvalue weighted by molar-refractivity contribution is 5.91. The van der Waals surface area contributed by atoms with Crippen molar-refractivity contribution in [3.05, 3.63) is 99.9 Å². The van der Waals surface area contributed by atoms with Crippen LogP contribution in [0.4, 0.5) is 0 Å². The van der Waals surface area contributed by atoms with Gasteiger partial charge in [0.2, 0.25) is 0 Å². The van der Waals surface area contributed by atoms with Crippen LogP contribution in [0.5, 0.6) is 0 Å². The minimum Gasteiger partial charge on any atom is -0.467 e. The van der Waals surface area contributed by atoms with Gasteiger partial charge in [-0.2, -0.15) is 0 Å². The Morgan fingerprint density at radius 2 is 1.87 bits per heavy atom. The van der Waals surface area contributed by atoms with E-state index in [4.69, 9.17) is 8.83 Å². The largest absolute Gasteiger partial charge is 0.467 e. The quantitative estimate of drug-likeness (QED) is 0.352. The molecular formula is C27H27N7O4. The second-order valence-corrected chi connectivity index (χ2v) is 9.31. The molecule has 1 amide bonds. The van der Waals surface area contributed by atoms with Crippen molar-refractivity contribution in [1.82, 2.24) is 35.0 Å². The van der Waals surface area contributed by atoms with Crippen molar-refractivity contribution in [2.45, 2.75) is 25.9 Å². The number of aromatic amines is 1. The predicted octanol–water partition coefficient (Wildman–Crippen LogP) is 2.86. The molecule has 0 bridgehead atoms. The summed E-state index contributed by atoms with van der Waals surface area (Å²) < 4.78 is 12.5. The van der Waals surface area contributed by atoms with E-state index in [-0.39, 0.29) is 11.5 Å². The van der Waals surface area contributed by atoms with Crippen molar-refractivity contribution in [1.29, 1.82) is 0 Å². The first-order chi connectivity index (χ1) is 18.6. The number of nitrogens with one attached hydrogen (secondary N) is 1. The second kappa shape index (κ2) is 10.1. The number of aryl methyl sites for hydroxylation is 1. The highest BCUT2D eigenvalue weighted by Crippen LogP contribution is 2.29. The number of pyridine rings is 1. The van der Waals surface area contributed by atoms with Crippen molar-refractivity contribution in [2.24, 2.45) is 0 Å². The van der Waals surface area contributed by atoms with Crippen molar-refractivity contribution in [3.8, 4) is 0 Å². The molecule has 1 aliphatic rings. The maximum absolute atomic E-state index is 13.5. The van der Waals surface area contributed by atoms with Crippen LogP contribution < -0.4 is 5.56 Å². The minimum atomic E-state index is -0.528. The first-order valence-corrected chi connectivity index (χ1v) is 12.6. The Morgan fingerprint density at radius 3 is 2.61 bits per heavy atom. The molecule has 0 radical (unpaired) electrons. The lowest BCUT2D eigenvalue weighted by Crippen LogP contribution is -2.50. The summed E-state index contributed by atoms with van der Waals surface area (Å²) in [6.07, 6.45) is 3.99. The zero-order chi connectivity index (χ0) is 26.1. The Labute approximate surface area is 217 Å². The van der Waals surface area contributed by atoms with E-state index in [0.717, 1.165) is 17.3 Å². The number of hydrogen-bond acceptors (Lipinski definition) is 8. The molecule has 5 heterocycles. The number of aromatic nitrogens is 5. The third-order valence-electron chi connectivity index (χ3n) is 7.03. The van der Waals surface area contributed by atoms with Gasteiger partial charge in [0.1, 0.15) is 18.3 Å². The number of hydrogen-bond donors (Lipinski definition) is 1. The minimum absolute atomic E-state index is 0.149. The molecule has 0 saturated carbocycles. The fourth-order valence-electron chi connectivity index (χ4n) is 5.00. The third kappa shape index (κ3) is 4.52. The van der Waals surface area contributed by atoms with E-state index in [1.54, 1.807) is 28.0 Å². The highest BCUT2D eigenvalue weighted by Gasteiger charge is 2.34. The van der Waals surface area contributed by atoms with Crippen LogP contribution in [0.3, 0.4) is 0 Å². The van der Waals surface area contributed by atoms with Gasteiger partial charge in [0.25, 0.3) is 11.5 Å². The molecule has 1 saturated heterocycles. The number of nitrogens with zero attached hydrogens (tertiary/aromatic N) is 6. The first-order valence-electron chi connectivity index (χ1n) is 12.6. The van der Waals surface area contributed by atoms with Gasteiger partial charge in [0.15, 0.2) is 11.6 Å².